The van der Waals surface area contributed by atoms with E-state index in [0.717, 1.165) is 33.8 Å². The predicted molar refractivity (Wildman–Crippen MR) is 110 cm³/mol. The molecule has 121 valence electrons. The summed E-state index contributed by atoms with van der Waals surface area (Å²) in [6.45, 7) is 0. The first-order valence-electron chi connectivity index (χ1n) is 8.38. The summed E-state index contributed by atoms with van der Waals surface area (Å²) >= 11 is 0. The van der Waals surface area contributed by atoms with E-state index in [2.05, 4.69) is 36.4 Å². The van der Waals surface area contributed by atoms with Crippen molar-refractivity contribution in [2.75, 3.05) is 0 Å². The Balaban J connectivity index is 0.00000196. The molecular weight excluding hydrogens is 327 g/mol. The minimum atomic E-state index is 0. The minimum absolute atomic E-state index is 0. The number of ether oxygens (including phenoxy) is 1. The standard InChI is InChI=1S/C24H18O.Na/c1-3-11-19(12-4-1)21-15-7-9-17-23(21)25-24-18-10-8-16-22(24)20-13-5-2-6-14-20;/h1-18H;. The Morgan fingerprint density at radius 2 is 0.731 bits per heavy atom. The van der Waals surface area contributed by atoms with E-state index in [1.54, 1.807) is 0 Å². The van der Waals surface area contributed by atoms with E-state index in [-0.39, 0.29) is 29.6 Å². The molecule has 0 saturated carbocycles. The molecule has 0 aromatic heterocycles. The number of hydrogen-bond donors (Lipinski definition) is 0. The van der Waals surface area contributed by atoms with Gasteiger partial charge in [-0.3, -0.25) is 0 Å². The van der Waals surface area contributed by atoms with Crippen LogP contribution in [0.2, 0.25) is 0 Å². The Morgan fingerprint density at radius 3 is 1.15 bits per heavy atom. The zero-order valence-corrected chi connectivity index (χ0v) is 16.8. The van der Waals surface area contributed by atoms with Gasteiger partial charge in [0.15, 0.2) is 0 Å². The summed E-state index contributed by atoms with van der Waals surface area (Å²) in [7, 11) is 0. The van der Waals surface area contributed by atoms with Crippen LogP contribution in [-0.4, -0.2) is 29.6 Å². The van der Waals surface area contributed by atoms with Crippen LogP contribution >= 0.6 is 0 Å². The van der Waals surface area contributed by atoms with Crippen LogP contribution in [0, 0.1) is 0 Å². The molecule has 0 aliphatic heterocycles. The van der Waals surface area contributed by atoms with Crippen LogP contribution in [-0.2, 0) is 0 Å². The Labute approximate surface area is 176 Å². The molecule has 0 spiro atoms. The van der Waals surface area contributed by atoms with E-state index in [1.807, 2.05) is 72.8 Å². The molecule has 0 amide bonds. The number of hydrogen-bond acceptors (Lipinski definition) is 1. The van der Waals surface area contributed by atoms with E-state index in [0.29, 0.717) is 0 Å². The summed E-state index contributed by atoms with van der Waals surface area (Å²) in [5.74, 6) is 1.72. The van der Waals surface area contributed by atoms with Gasteiger partial charge in [0.1, 0.15) is 11.5 Å². The van der Waals surface area contributed by atoms with Crippen molar-refractivity contribution in [2.24, 2.45) is 0 Å². The Morgan fingerprint density at radius 1 is 0.385 bits per heavy atom. The Hall–Kier alpha value is -2.32. The molecule has 0 aliphatic carbocycles. The fraction of sp³-hybridized carbons (Fsp3) is 0. The third kappa shape index (κ3) is 4.08. The molecule has 0 aliphatic rings. The van der Waals surface area contributed by atoms with Gasteiger partial charge in [-0.2, -0.15) is 0 Å². The summed E-state index contributed by atoms with van der Waals surface area (Å²) in [4.78, 5) is 0. The van der Waals surface area contributed by atoms with Crippen molar-refractivity contribution in [2.45, 2.75) is 0 Å². The molecule has 0 heterocycles. The summed E-state index contributed by atoms with van der Waals surface area (Å²) in [5.41, 5.74) is 4.47. The van der Waals surface area contributed by atoms with Gasteiger partial charge in [0.05, 0.1) is 0 Å². The Bertz CT molecular complexity index is 884. The predicted octanol–water partition coefficient (Wildman–Crippen LogP) is 6.43. The second-order valence-electron chi connectivity index (χ2n) is 5.83. The molecule has 0 saturated heterocycles. The normalized spacial score (nSPS) is 10.0. The van der Waals surface area contributed by atoms with Crippen molar-refractivity contribution >= 4 is 29.6 Å². The number of benzene rings is 4. The van der Waals surface area contributed by atoms with Crippen LogP contribution in [0.5, 0.6) is 11.5 Å². The SMILES string of the molecule is [Na].c1ccc(-c2ccccc2Oc2ccccc2-c2ccccc2)cc1. The van der Waals surface area contributed by atoms with Gasteiger partial charge in [0.2, 0.25) is 0 Å². The Kier molecular flexibility index (Phi) is 6.30. The van der Waals surface area contributed by atoms with Gasteiger partial charge in [0.25, 0.3) is 0 Å². The van der Waals surface area contributed by atoms with Crippen molar-refractivity contribution in [1.29, 1.82) is 0 Å². The molecule has 4 aromatic carbocycles. The van der Waals surface area contributed by atoms with E-state index in [9.17, 15) is 0 Å². The van der Waals surface area contributed by atoms with Gasteiger partial charge in [-0.1, -0.05) is 97.1 Å². The quantitative estimate of drug-likeness (QED) is 0.387. The van der Waals surface area contributed by atoms with Crippen LogP contribution in [0.25, 0.3) is 22.3 Å². The molecule has 1 nitrogen and oxygen atoms in total. The van der Waals surface area contributed by atoms with Crippen LogP contribution in [0.1, 0.15) is 0 Å². The molecule has 4 aromatic rings. The van der Waals surface area contributed by atoms with Crippen LogP contribution < -0.4 is 4.74 Å². The fourth-order valence-electron chi connectivity index (χ4n) is 2.94. The molecule has 0 atom stereocenters. The maximum absolute atomic E-state index is 6.35. The van der Waals surface area contributed by atoms with Crippen molar-refractivity contribution in [3.8, 4) is 33.8 Å². The summed E-state index contributed by atoms with van der Waals surface area (Å²) in [6.07, 6.45) is 0. The summed E-state index contributed by atoms with van der Waals surface area (Å²) in [6, 6.07) is 37.0. The van der Waals surface area contributed by atoms with E-state index >= 15 is 0 Å². The number of rotatable bonds is 4. The third-order valence-electron chi connectivity index (χ3n) is 4.16. The van der Waals surface area contributed by atoms with Gasteiger partial charge in [-0.25, -0.2) is 0 Å². The first kappa shape index (κ1) is 18.5. The second kappa shape index (κ2) is 8.86. The third-order valence-corrected chi connectivity index (χ3v) is 4.16. The first-order valence-corrected chi connectivity index (χ1v) is 8.38. The van der Waals surface area contributed by atoms with Gasteiger partial charge < -0.3 is 4.74 Å². The topological polar surface area (TPSA) is 9.23 Å². The smallest absolute Gasteiger partial charge is 0.135 e. The van der Waals surface area contributed by atoms with Gasteiger partial charge >= 0.3 is 0 Å². The van der Waals surface area contributed by atoms with Gasteiger partial charge in [-0.05, 0) is 23.3 Å². The van der Waals surface area contributed by atoms with Crippen molar-refractivity contribution in [3.63, 3.8) is 0 Å². The molecular formula is C24H18NaO. The van der Waals surface area contributed by atoms with Crippen molar-refractivity contribution in [1.82, 2.24) is 0 Å². The molecule has 26 heavy (non-hydrogen) atoms. The zero-order valence-electron chi connectivity index (χ0n) is 14.8. The van der Waals surface area contributed by atoms with Crippen LogP contribution in [0.3, 0.4) is 0 Å². The summed E-state index contributed by atoms with van der Waals surface area (Å²) < 4.78 is 6.35. The summed E-state index contributed by atoms with van der Waals surface area (Å²) in [5, 5.41) is 0. The maximum atomic E-state index is 6.35. The van der Waals surface area contributed by atoms with E-state index in [1.165, 1.54) is 0 Å². The van der Waals surface area contributed by atoms with E-state index in [4.69, 9.17) is 4.74 Å². The molecule has 0 bridgehead atoms. The van der Waals surface area contributed by atoms with Crippen LogP contribution in [0.15, 0.2) is 109 Å². The second-order valence-corrected chi connectivity index (χ2v) is 5.83. The van der Waals surface area contributed by atoms with Gasteiger partial charge in [-0.15, -0.1) is 0 Å². The van der Waals surface area contributed by atoms with Gasteiger partial charge in [0, 0.05) is 40.7 Å². The molecule has 0 N–H and O–H groups in total. The minimum Gasteiger partial charge on any atom is -0.456 e. The van der Waals surface area contributed by atoms with Crippen molar-refractivity contribution in [3.05, 3.63) is 109 Å². The molecule has 2 heteroatoms. The largest absolute Gasteiger partial charge is 0.456 e. The average molecular weight is 345 g/mol. The molecule has 4 rings (SSSR count). The molecule has 0 fully saturated rings. The average Bonchev–Trinajstić information content (AvgIpc) is 2.70. The van der Waals surface area contributed by atoms with Crippen LogP contribution in [0.4, 0.5) is 0 Å². The van der Waals surface area contributed by atoms with Crippen molar-refractivity contribution < 1.29 is 4.74 Å². The maximum Gasteiger partial charge on any atom is 0.135 e. The zero-order chi connectivity index (χ0) is 16.9. The van der Waals surface area contributed by atoms with E-state index < -0.39 is 0 Å². The molecule has 0 unspecified atom stereocenters. The first-order chi connectivity index (χ1) is 12.4. The fourth-order valence-corrected chi connectivity index (χ4v) is 2.94. The number of para-hydroxylation sites is 2. The monoisotopic (exact) mass is 345 g/mol. The molecule has 1 radical (unpaired) electrons.